The van der Waals surface area contributed by atoms with Gasteiger partial charge in [0.2, 0.25) is 0 Å². The lowest BCUT2D eigenvalue weighted by molar-refractivity contribution is -0.0122. The van der Waals surface area contributed by atoms with Crippen LogP contribution in [0, 0.1) is 0 Å². The number of nitrogens with zero attached hydrogens (tertiary/aromatic N) is 4. The molecule has 2 aromatic heterocycles. The number of likely N-dealkylation sites (N-methyl/N-ethyl adjacent to an activating group) is 1. The molecule has 1 unspecified atom stereocenters. The van der Waals surface area contributed by atoms with Crippen LogP contribution in [0.2, 0.25) is 0 Å². The molecule has 2 aliphatic rings. The van der Waals surface area contributed by atoms with Gasteiger partial charge in [-0.2, -0.15) is 4.98 Å². The molecule has 2 aliphatic heterocycles. The molecule has 0 aromatic carbocycles. The van der Waals surface area contributed by atoms with E-state index in [2.05, 4.69) is 15.0 Å². The molecular formula is C15H18N4O4. The lowest BCUT2D eigenvalue weighted by Gasteiger charge is -2.37. The largest absolute Gasteiger partial charge is 0.459 e. The number of piperidine rings is 1. The first-order valence-corrected chi connectivity index (χ1v) is 7.67. The molecule has 1 amide bonds. The molecule has 4 heterocycles. The lowest BCUT2D eigenvalue weighted by Crippen LogP contribution is -2.50. The highest BCUT2D eigenvalue weighted by Gasteiger charge is 2.46. The fourth-order valence-corrected chi connectivity index (χ4v) is 3.35. The average molecular weight is 318 g/mol. The molecule has 4 rings (SSSR count). The summed E-state index contributed by atoms with van der Waals surface area (Å²) in [6.07, 6.45) is 3.19. The second-order valence-corrected chi connectivity index (χ2v) is 6.21. The molecule has 1 spiro atoms. The quantitative estimate of drug-likeness (QED) is 0.852. The number of ether oxygens (including phenoxy) is 1. The number of aromatic nitrogens is 2. The Labute approximate surface area is 133 Å². The van der Waals surface area contributed by atoms with Crippen molar-refractivity contribution in [2.75, 3.05) is 26.7 Å². The fourth-order valence-electron chi connectivity index (χ4n) is 3.35. The number of furan rings is 1. The van der Waals surface area contributed by atoms with Crippen LogP contribution >= 0.6 is 0 Å². The third-order valence-corrected chi connectivity index (χ3v) is 4.32. The summed E-state index contributed by atoms with van der Waals surface area (Å²) in [6, 6.07) is 3.56. The van der Waals surface area contributed by atoms with E-state index in [9.17, 15) is 4.79 Å². The first kappa shape index (κ1) is 14.3. The van der Waals surface area contributed by atoms with Crippen LogP contribution in [0.15, 0.2) is 27.3 Å². The zero-order valence-corrected chi connectivity index (χ0v) is 12.9. The van der Waals surface area contributed by atoms with Crippen molar-refractivity contribution in [2.45, 2.75) is 25.0 Å². The fraction of sp³-hybridized carbons (Fsp3) is 0.533. The summed E-state index contributed by atoms with van der Waals surface area (Å²) in [4.78, 5) is 19.9. The Kier molecular flexibility index (Phi) is 3.33. The molecule has 8 heteroatoms. The van der Waals surface area contributed by atoms with Gasteiger partial charge in [0.15, 0.2) is 11.6 Å². The van der Waals surface area contributed by atoms with Crippen molar-refractivity contribution in [1.82, 2.24) is 19.9 Å². The highest BCUT2D eigenvalue weighted by molar-refractivity contribution is 5.70. The minimum Gasteiger partial charge on any atom is -0.459 e. The highest BCUT2D eigenvalue weighted by atomic mass is 16.6. The van der Waals surface area contributed by atoms with E-state index < -0.39 is 5.60 Å². The second kappa shape index (κ2) is 5.38. The Morgan fingerprint density at radius 1 is 1.39 bits per heavy atom. The third kappa shape index (κ3) is 2.70. The van der Waals surface area contributed by atoms with Gasteiger partial charge in [0, 0.05) is 13.6 Å². The normalized spacial score (nSPS) is 25.3. The number of carbonyl (C=O) groups is 1. The van der Waals surface area contributed by atoms with Crippen LogP contribution in [0.25, 0.3) is 11.7 Å². The highest BCUT2D eigenvalue weighted by Crippen LogP contribution is 2.31. The van der Waals surface area contributed by atoms with Crippen LogP contribution in [-0.4, -0.2) is 58.3 Å². The van der Waals surface area contributed by atoms with Crippen molar-refractivity contribution in [2.24, 2.45) is 0 Å². The van der Waals surface area contributed by atoms with E-state index in [1.165, 1.54) is 0 Å². The van der Waals surface area contributed by atoms with Crippen LogP contribution < -0.4 is 0 Å². The van der Waals surface area contributed by atoms with E-state index in [-0.39, 0.29) is 6.09 Å². The molecule has 0 aliphatic carbocycles. The summed E-state index contributed by atoms with van der Waals surface area (Å²) < 4.78 is 16.1. The van der Waals surface area contributed by atoms with Crippen molar-refractivity contribution < 1.29 is 18.5 Å². The molecule has 2 aromatic rings. The molecule has 0 radical (unpaired) electrons. The maximum Gasteiger partial charge on any atom is 0.410 e. The molecule has 2 saturated heterocycles. The SMILES string of the molecule is CN1CC2(CCCN(Cc3noc(-c4ccco4)n3)C2)OC1=O. The standard InChI is InChI=1S/C15H18N4O4/c1-18-9-15(22-14(18)20)5-3-6-19(10-15)8-12-16-13(23-17-12)11-4-2-7-21-11/h2,4,7H,3,5-6,8-10H2,1H3. The Balaban J connectivity index is 1.44. The summed E-state index contributed by atoms with van der Waals surface area (Å²) in [5.74, 6) is 1.54. The lowest BCUT2D eigenvalue weighted by atomic mass is 9.93. The van der Waals surface area contributed by atoms with Gasteiger partial charge in [-0.25, -0.2) is 4.79 Å². The molecule has 8 nitrogen and oxygen atoms in total. The van der Waals surface area contributed by atoms with Crippen LogP contribution in [-0.2, 0) is 11.3 Å². The van der Waals surface area contributed by atoms with E-state index in [1.807, 2.05) is 0 Å². The monoisotopic (exact) mass is 318 g/mol. The summed E-state index contributed by atoms with van der Waals surface area (Å²) in [5, 5.41) is 4.01. The molecule has 1 atom stereocenters. The maximum atomic E-state index is 11.7. The topological polar surface area (TPSA) is 84.8 Å². The van der Waals surface area contributed by atoms with Crippen LogP contribution in [0.5, 0.6) is 0 Å². The van der Waals surface area contributed by atoms with Gasteiger partial charge in [0.1, 0.15) is 5.60 Å². The van der Waals surface area contributed by atoms with Gasteiger partial charge in [-0.15, -0.1) is 0 Å². The minimum atomic E-state index is -0.405. The molecule has 2 fully saturated rings. The Morgan fingerprint density at radius 2 is 2.30 bits per heavy atom. The van der Waals surface area contributed by atoms with Crippen LogP contribution in [0.4, 0.5) is 4.79 Å². The van der Waals surface area contributed by atoms with E-state index >= 15 is 0 Å². The van der Waals surface area contributed by atoms with Crippen LogP contribution in [0.1, 0.15) is 18.7 Å². The Bertz CT molecular complexity index is 698. The van der Waals surface area contributed by atoms with Gasteiger partial charge in [0.05, 0.1) is 19.4 Å². The van der Waals surface area contributed by atoms with Gasteiger partial charge >= 0.3 is 6.09 Å². The molecule has 0 N–H and O–H groups in total. The van der Waals surface area contributed by atoms with Gasteiger partial charge in [-0.1, -0.05) is 5.16 Å². The number of carbonyl (C=O) groups excluding carboxylic acids is 1. The summed E-state index contributed by atoms with van der Waals surface area (Å²) in [6.45, 7) is 2.81. The first-order chi connectivity index (χ1) is 11.1. The average Bonchev–Trinajstić information content (AvgIpc) is 3.21. The number of amides is 1. The van der Waals surface area contributed by atoms with Crippen molar-refractivity contribution in [1.29, 1.82) is 0 Å². The summed E-state index contributed by atoms with van der Waals surface area (Å²) in [5.41, 5.74) is -0.405. The predicted octanol–water partition coefficient (Wildman–Crippen LogP) is 1.75. The summed E-state index contributed by atoms with van der Waals surface area (Å²) in [7, 11) is 1.77. The number of hydrogen-bond donors (Lipinski definition) is 0. The maximum absolute atomic E-state index is 11.7. The van der Waals surface area contributed by atoms with E-state index in [4.69, 9.17) is 13.7 Å². The van der Waals surface area contributed by atoms with Crippen molar-refractivity contribution >= 4 is 6.09 Å². The van der Waals surface area contributed by atoms with E-state index in [0.29, 0.717) is 37.1 Å². The van der Waals surface area contributed by atoms with Gasteiger partial charge in [-0.05, 0) is 31.5 Å². The molecule has 0 bridgehead atoms. The molecule has 122 valence electrons. The van der Waals surface area contributed by atoms with Crippen molar-refractivity contribution in [3.8, 4) is 11.7 Å². The third-order valence-electron chi connectivity index (χ3n) is 4.32. The van der Waals surface area contributed by atoms with Gasteiger partial charge in [0.25, 0.3) is 5.89 Å². The van der Waals surface area contributed by atoms with Crippen molar-refractivity contribution in [3.63, 3.8) is 0 Å². The van der Waals surface area contributed by atoms with Crippen molar-refractivity contribution in [3.05, 3.63) is 24.2 Å². The van der Waals surface area contributed by atoms with Gasteiger partial charge in [-0.3, -0.25) is 4.90 Å². The first-order valence-electron chi connectivity index (χ1n) is 7.67. The summed E-state index contributed by atoms with van der Waals surface area (Å²) >= 11 is 0. The molecular weight excluding hydrogens is 300 g/mol. The number of hydrogen-bond acceptors (Lipinski definition) is 7. The minimum absolute atomic E-state index is 0.244. The number of rotatable bonds is 3. The molecule has 0 saturated carbocycles. The van der Waals surface area contributed by atoms with Crippen LogP contribution in [0.3, 0.4) is 0 Å². The smallest absolute Gasteiger partial charge is 0.410 e. The zero-order chi connectivity index (χ0) is 15.9. The number of likely N-dealkylation sites (tertiary alicyclic amines) is 1. The predicted molar refractivity (Wildman–Crippen MR) is 78.4 cm³/mol. The Hall–Kier alpha value is -2.35. The Morgan fingerprint density at radius 3 is 3.04 bits per heavy atom. The van der Waals surface area contributed by atoms with E-state index in [1.54, 1.807) is 30.3 Å². The zero-order valence-electron chi connectivity index (χ0n) is 12.9. The van der Waals surface area contributed by atoms with Gasteiger partial charge < -0.3 is 18.6 Å². The molecule has 23 heavy (non-hydrogen) atoms. The second-order valence-electron chi connectivity index (χ2n) is 6.21. The van der Waals surface area contributed by atoms with E-state index in [0.717, 1.165) is 19.4 Å².